The molecule has 10 heteroatoms. The molecule has 19 heavy (non-hydrogen) atoms. The third-order valence-corrected chi connectivity index (χ3v) is 1.72. The lowest BCUT2D eigenvalue weighted by molar-refractivity contribution is -0.184. The fraction of sp³-hybridized carbons (Fsp3) is 0.333. The van der Waals surface area contributed by atoms with E-state index in [0.29, 0.717) is 12.3 Å². The highest BCUT2D eigenvalue weighted by Gasteiger charge is 2.31. The number of nitrogens with one attached hydrogen (secondary N) is 1. The first-order valence-electron chi connectivity index (χ1n) is 4.62. The van der Waals surface area contributed by atoms with Crippen molar-refractivity contribution in [3.05, 3.63) is 29.6 Å². The molecule has 0 radical (unpaired) electrons. The van der Waals surface area contributed by atoms with E-state index in [9.17, 15) is 31.1 Å². The summed E-state index contributed by atoms with van der Waals surface area (Å²) in [5, 5.41) is 0. The topological polar surface area (TPSA) is 51.2 Å². The normalized spacial score (nSPS) is 12.3. The number of amides is 1. The van der Waals surface area contributed by atoms with Gasteiger partial charge in [-0.15, -0.1) is 0 Å². The van der Waals surface area contributed by atoms with Crippen molar-refractivity contribution in [1.82, 2.24) is 10.5 Å². The number of hydrogen-bond donors (Lipinski definition) is 1. The smallest absolute Gasteiger partial charge is 0.265 e. The van der Waals surface area contributed by atoms with Crippen LogP contribution in [0.5, 0.6) is 0 Å². The zero-order valence-corrected chi connectivity index (χ0v) is 8.97. The number of rotatable bonds is 3. The Morgan fingerprint density at radius 2 is 1.84 bits per heavy atom. The van der Waals surface area contributed by atoms with Crippen molar-refractivity contribution in [1.29, 1.82) is 0 Å². The van der Waals surface area contributed by atoms with Gasteiger partial charge in [-0.25, -0.2) is 5.48 Å². The summed E-state index contributed by atoms with van der Waals surface area (Å²) in [6.07, 6.45) is -8.87. The first-order chi connectivity index (χ1) is 8.59. The summed E-state index contributed by atoms with van der Waals surface area (Å²) in [4.78, 5) is 18.1. The Bertz CT molecular complexity index is 440. The van der Waals surface area contributed by atoms with Crippen LogP contribution in [0.25, 0.3) is 0 Å². The van der Waals surface area contributed by atoms with Gasteiger partial charge in [0.05, 0.1) is 5.56 Å². The van der Waals surface area contributed by atoms with Gasteiger partial charge in [-0.05, 0) is 12.1 Å². The van der Waals surface area contributed by atoms with Gasteiger partial charge in [0.1, 0.15) is 5.69 Å². The van der Waals surface area contributed by atoms with Crippen LogP contribution in [0.2, 0.25) is 0 Å². The number of pyridine rings is 1. The molecule has 0 atom stereocenters. The van der Waals surface area contributed by atoms with Crippen LogP contribution in [0, 0.1) is 0 Å². The number of carbonyl (C=O) groups excluding carboxylic acids is 1. The van der Waals surface area contributed by atoms with Gasteiger partial charge in [-0.3, -0.25) is 14.6 Å². The Balaban J connectivity index is 2.59. The van der Waals surface area contributed by atoms with E-state index in [1.807, 2.05) is 0 Å². The number of hydroxylamine groups is 1. The van der Waals surface area contributed by atoms with E-state index >= 15 is 0 Å². The highest BCUT2D eigenvalue weighted by atomic mass is 19.4. The maximum atomic E-state index is 12.2. The summed E-state index contributed by atoms with van der Waals surface area (Å²) in [5.41, 5.74) is -0.177. The molecule has 0 aromatic carbocycles. The zero-order valence-electron chi connectivity index (χ0n) is 8.97. The van der Waals surface area contributed by atoms with Gasteiger partial charge in [-0.1, -0.05) is 0 Å². The predicted molar refractivity (Wildman–Crippen MR) is 48.7 cm³/mol. The van der Waals surface area contributed by atoms with Crippen molar-refractivity contribution in [3.8, 4) is 0 Å². The van der Waals surface area contributed by atoms with Gasteiger partial charge in [0, 0.05) is 6.20 Å². The van der Waals surface area contributed by atoms with Crippen LogP contribution in [-0.4, -0.2) is 23.7 Å². The Morgan fingerprint density at radius 1 is 1.21 bits per heavy atom. The molecule has 1 heterocycles. The summed E-state index contributed by atoms with van der Waals surface area (Å²) in [7, 11) is 0. The Hall–Kier alpha value is -1.84. The summed E-state index contributed by atoms with van der Waals surface area (Å²) in [6, 6.07) is 1.29. The van der Waals surface area contributed by atoms with Crippen LogP contribution in [0.15, 0.2) is 18.3 Å². The number of carbonyl (C=O) groups is 1. The lowest BCUT2D eigenvalue weighted by Gasteiger charge is -2.09. The molecule has 0 aliphatic heterocycles. The van der Waals surface area contributed by atoms with Gasteiger partial charge in [0.2, 0.25) is 0 Å². The summed E-state index contributed by atoms with van der Waals surface area (Å²) in [6.45, 7) is -1.72. The fourth-order valence-corrected chi connectivity index (χ4v) is 0.932. The molecule has 0 fully saturated rings. The van der Waals surface area contributed by atoms with Crippen LogP contribution in [-0.2, 0) is 11.0 Å². The largest absolute Gasteiger partial charge is 0.417 e. The summed E-state index contributed by atoms with van der Waals surface area (Å²) >= 11 is 0. The molecule has 0 spiro atoms. The van der Waals surface area contributed by atoms with Gasteiger partial charge in [0.25, 0.3) is 5.91 Å². The average Bonchev–Trinajstić information content (AvgIpc) is 2.26. The Labute approximate surface area is 102 Å². The molecule has 106 valence electrons. The van der Waals surface area contributed by atoms with Gasteiger partial charge < -0.3 is 0 Å². The molecule has 0 unspecified atom stereocenters. The molecule has 0 aliphatic rings. The number of alkyl halides is 6. The van der Waals surface area contributed by atoms with Crippen molar-refractivity contribution in [2.45, 2.75) is 12.4 Å². The fourth-order valence-electron chi connectivity index (χ4n) is 0.932. The molecule has 1 aromatic heterocycles. The monoisotopic (exact) mass is 288 g/mol. The molecule has 0 saturated heterocycles. The van der Waals surface area contributed by atoms with Crippen LogP contribution in [0.1, 0.15) is 16.1 Å². The maximum absolute atomic E-state index is 12.2. The predicted octanol–water partition coefficient (Wildman–Crippen LogP) is 2.32. The molecule has 0 saturated carbocycles. The van der Waals surface area contributed by atoms with Gasteiger partial charge >= 0.3 is 12.4 Å². The van der Waals surface area contributed by atoms with E-state index in [1.165, 1.54) is 5.48 Å². The molecule has 1 amide bonds. The van der Waals surface area contributed by atoms with Crippen molar-refractivity contribution >= 4 is 5.91 Å². The minimum atomic E-state index is -4.64. The molecule has 4 nitrogen and oxygen atoms in total. The number of nitrogens with zero attached hydrogens (tertiary/aromatic N) is 1. The third-order valence-electron chi connectivity index (χ3n) is 1.72. The van der Waals surface area contributed by atoms with E-state index < -0.39 is 36.1 Å². The minimum Gasteiger partial charge on any atom is -0.265 e. The van der Waals surface area contributed by atoms with Crippen molar-refractivity contribution in [3.63, 3.8) is 0 Å². The van der Waals surface area contributed by atoms with Gasteiger partial charge in [-0.2, -0.15) is 26.3 Å². The standard InChI is InChI=1S/C9H6F6N2O2/c10-8(11,12)4-19-17-7(18)6-2-1-5(3-16-6)9(13,14)15/h1-3H,4H2,(H,17,18). The highest BCUT2D eigenvalue weighted by molar-refractivity contribution is 5.91. The molecule has 1 N–H and O–H groups in total. The molecule has 0 bridgehead atoms. The zero-order chi connectivity index (χ0) is 14.7. The lowest BCUT2D eigenvalue weighted by atomic mass is 10.2. The Kier molecular flexibility index (Phi) is 4.35. The van der Waals surface area contributed by atoms with E-state index in [0.717, 1.165) is 6.07 Å². The van der Waals surface area contributed by atoms with Crippen molar-refractivity contribution in [2.24, 2.45) is 0 Å². The van der Waals surface area contributed by atoms with Crippen molar-refractivity contribution in [2.75, 3.05) is 6.61 Å². The van der Waals surface area contributed by atoms with Crippen LogP contribution in [0.3, 0.4) is 0 Å². The molecular formula is C9H6F6N2O2. The van der Waals surface area contributed by atoms with Crippen LogP contribution >= 0.6 is 0 Å². The summed E-state index contributed by atoms with van der Waals surface area (Å²) < 4.78 is 71.5. The second kappa shape index (κ2) is 5.43. The number of halogens is 6. The minimum absolute atomic E-state index is 0.388. The van der Waals surface area contributed by atoms with Crippen LogP contribution < -0.4 is 5.48 Å². The second-order valence-corrected chi connectivity index (χ2v) is 3.26. The lowest BCUT2D eigenvalue weighted by Crippen LogP contribution is -2.30. The van der Waals surface area contributed by atoms with E-state index in [4.69, 9.17) is 0 Å². The highest BCUT2D eigenvalue weighted by Crippen LogP contribution is 2.28. The van der Waals surface area contributed by atoms with Gasteiger partial charge in [0.15, 0.2) is 6.61 Å². The number of aromatic nitrogens is 1. The molecular weight excluding hydrogens is 282 g/mol. The quantitative estimate of drug-likeness (QED) is 0.686. The molecule has 1 aromatic rings. The van der Waals surface area contributed by atoms with Crippen LogP contribution in [0.4, 0.5) is 26.3 Å². The SMILES string of the molecule is O=C(NOCC(F)(F)F)c1ccc(C(F)(F)F)cn1. The first kappa shape index (κ1) is 15.2. The average molecular weight is 288 g/mol. The Morgan fingerprint density at radius 3 is 2.26 bits per heavy atom. The van der Waals surface area contributed by atoms with Crippen molar-refractivity contribution < 1.29 is 36.0 Å². The third kappa shape index (κ3) is 5.12. The molecule has 1 rings (SSSR count). The van der Waals surface area contributed by atoms with E-state index in [2.05, 4.69) is 9.82 Å². The van der Waals surface area contributed by atoms with E-state index in [-0.39, 0.29) is 0 Å². The van der Waals surface area contributed by atoms with E-state index in [1.54, 1.807) is 0 Å². The second-order valence-electron chi connectivity index (χ2n) is 3.26. The summed E-state index contributed by atoms with van der Waals surface area (Å²) in [5.74, 6) is -1.18. The first-order valence-corrected chi connectivity index (χ1v) is 4.62. The number of hydrogen-bond acceptors (Lipinski definition) is 3. The molecule has 0 aliphatic carbocycles. The maximum Gasteiger partial charge on any atom is 0.417 e.